The van der Waals surface area contributed by atoms with Crippen LogP contribution in [0.2, 0.25) is 0 Å². The van der Waals surface area contributed by atoms with Gasteiger partial charge >= 0.3 is 0 Å². The number of carbonyl (C=O) groups is 1. The molecule has 29 heavy (non-hydrogen) atoms. The molecule has 0 atom stereocenters. The summed E-state index contributed by atoms with van der Waals surface area (Å²) in [7, 11) is 4.67. The summed E-state index contributed by atoms with van der Waals surface area (Å²) in [6, 6.07) is 11.7. The van der Waals surface area contributed by atoms with Crippen LogP contribution in [0.3, 0.4) is 0 Å². The van der Waals surface area contributed by atoms with Crippen LogP contribution in [0.1, 0.15) is 17.8 Å². The third kappa shape index (κ3) is 4.62. The first-order valence-corrected chi connectivity index (χ1v) is 9.54. The number of rotatable bonds is 9. The van der Waals surface area contributed by atoms with Crippen molar-refractivity contribution in [2.75, 3.05) is 27.9 Å². The molecule has 0 bridgehead atoms. The maximum atomic E-state index is 12.4. The number of fused-ring (bicyclic) bond motifs is 1. The van der Waals surface area contributed by atoms with Gasteiger partial charge in [-0.1, -0.05) is 12.1 Å². The van der Waals surface area contributed by atoms with Crippen molar-refractivity contribution in [3.8, 4) is 17.2 Å². The molecule has 1 heterocycles. The monoisotopic (exact) mass is 397 g/mol. The number of carbonyl (C=O) groups excluding carboxylic acids is 1. The number of amides is 1. The molecule has 0 unspecified atom stereocenters. The molecule has 0 saturated carbocycles. The lowest BCUT2D eigenvalue weighted by Gasteiger charge is -2.14. The van der Waals surface area contributed by atoms with E-state index in [9.17, 15) is 4.79 Å². The van der Waals surface area contributed by atoms with Gasteiger partial charge in [0.1, 0.15) is 5.82 Å². The summed E-state index contributed by atoms with van der Waals surface area (Å²) in [4.78, 5) is 16.9. The average Bonchev–Trinajstić information content (AvgIpc) is 3.05. The number of nitrogens with zero attached hydrogens (tertiary/aromatic N) is 2. The Balaban J connectivity index is 1.56. The Morgan fingerprint density at radius 2 is 1.76 bits per heavy atom. The molecule has 0 aliphatic heterocycles. The average molecular weight is 397 g/mol. The molecular formula is C22H27N3O4. The number of benzene rings is 2. The largest absolute Gasteiger partial charge is 0.493 e. The van der Waals surface area contributed by atoms with E-state index in [0.29, 0.717) is 23.8 Å². The number of hydrogen-bond acceptors (Lipinski definition) is 5. The smallest absolute Gasteiger partial charge is 0.224 e. The molecule has 0 saturated heterocycles. The van der Waals surface area contributed by atoms with Gasteiger partial charge in [-0.05, 0) is 43.2 Å². The minimum absolute atomic E-state index is 0.0496. The van der Waals surface area contributed by atoms with Crippen molar-refractivity contribution in [1.82, 2.24) is 14.9 Å². The number of para-hydroxylation sites is 2. The lowest BCUT2D eigenvalue weighted by molar-refractivity contribution is -0.120. The Labute approximate surface area is 170 Å². The van der Waals surface area contributed by atoms with Gasteiger partial charge in [0, 0.05) is 13.1 Å². The maximum absolute atomic E-state index is 12.4. The van der Waals surface area contributed by atoms with Crippen molar-refractivity contribution in [1.29, 1.82) is 0 Å². The van der Waals surface area contributed by atoms with Crippen LogP contribution in [0.5, 0.6) is 17.2 Å². The third-order valence-corrected chi connectivity index (χ3v) is 4.82. The van der Waals surface area contributed by atoms with Crippen molar-refractivity contribution >= 4 is 16.9 Å². The van der Waals surface area contributed by atoms with Crippen LogP contribution in [0.4, 0.5) is 0 Å². The molecule has 1 N–H and O–H groups in total. The number of hydrogen-bond donors (Lipinski definition) is 1. The number of aromatic nitrogens is 2. The van der Waals surface area contributed by atoms with Gasteiger partial charge in [-0.3, -0.25) is 4.79 Å². The standard InChI is InChI=1S/C22H27N3O4/c1-15-24-17-8-5-6-9-18(17)25(15)11-7-10-23-21(26)14-16-12-19(27-2)22(29-4)20(13-16)28-3/h5-6,8-9,12-13H,7,10-11,14H2,1-4H3,(H,23,26). The van der Waals surface area contributed by atoms with Crippen molar-refractivity contribution in [3.05, 3.63) is 47.8 Å². The van der Waals surface area contributed by atoms with Gasteiger partial charge in [0.05, 0.1) is 38.8 Å². The number of nitrogens with one attached hydrogen (secondary N) is 1. The van der Waals surface area contributed by atoms with Crippen LogP contribution in [0.15, 0.2) is 36.4 Å². The SMILES string of the molecule is COc1cc(CC(=O)NCCCn2c(C)nc3ccccc32)cc(OC)c1OC. The van der Waals surface area contributed by atoms with Gasteiger partial charge in [-0.2, -0.15) is 0 Å². The van der Waals surface area contributed by atoms with E-state index in [1.54, 1.807) is 33.5 Å². The quantitative estimate of drug-likeness (QED) is 0.562. The van der Waals surface area contributed by atoms with Crippen molar-refractivity contribution < 1.29 is 19.0 Å². The Morgan fingerprint density at radius 3 is 2.41 bits per heavy atom. The minimum Gasteiger partial charge on any atom is -0.493 e. The van der Waals surface area contributed by atoms with Gasteiger partial charge in [0.15, 0.2) is 11.5 Å². The summed E-state index contributed by atoms with van der Waals surface area (Å²) in [5, 5.41) is 2.98. The van der Waals surface area contributed by atoms with E-state index in [0.717, 1.165) is 35.4 Å². The van der Waals surface area contributed by atoms with Crippen LogP contribution in [0, 0.1) is 6.92 Å². The van der Waals surface area contributed by atoms with Gasteiger partial charge in [-0.25, -0.2) is 4.98 Å². The summed E-state index contributed by atoms with van der Waals surface area (Å²) >= 11 is 0. The highest BCUT2D eigenvalue weighted by Gasteiger charge is 2.15. The van der Waals surface area contributed by atoms with Gasteiger partial charge in [0.25, 0.3) is 0 Å². The molecule has 7 heteroatoms. The second kappa shape index (κ2) is 9.32. The summed E-state index contributed by atoms with van der Waals surface area (Å²) in [6.07, 6.45) is 1.06. The fraction of sp³-hybridized carbons (Fsp3) is 0.364. The zero-order valence-electron chi connectivity index (χ0n) is 17.3. The molecule has 0 fully saturated rings. The second-order valence-electron chi connectivity index (χ2n) is 6.71. The minimum atomic E-state index is -0.0496. The van der Waals surface area contributed by atoms with Crippen LogP contribution in [-0.4, -0.2) is 43.3 Å². The molecule has 0 spiro atoms. The van der Waals surface area contributed by atoms with Gasteiger partial charge in [0.2, 0.25) is 11.7 Å². The molecule has 3 rings (SSSR count). The zero-order chi connectivity index (χ0) is 20.8. The summed E-state index contributed by atoms with van der Waals surface area (Å²) in [5.41, 5.74) is 2.92. The van der Waals surface area contributed by atoms with Crippen molar-refractivity contribution in [2.45, 2.75) is 26.3 Å². The van der Waals surface area contributed by atoms with Crippen LogP contribution in [-0.2, 0) is 17.8 Å². The Bertz CT molecular complexity index is 972. The maximum Gasteiger partial charge on any atom is 0.224 e. The molecule has 0 aliphatic carbocycles. The van der Waals surface area contributed by atoms with E-state index in [-0.39, 0.29) is 12.3 Å². The second-order valence-corrected chi connectivity index (χ2v) is 6.71. The van der Waals surface area contributed by atoms with E-state index in [1.807, 2.05) is 25.1 Å². The molecule has 7 nitrogen and oxygen atoms in total. The normalized spacial score (nSPS) is 10.8. The fourth-order valence-corrected chi connectivity index (χ4v) is 3.43. The molecule has 0 radical (unpaired) electrons. The Hall–Kier alpha value is -3.22. The molecule has 0 aliphatic rings. The van der Waals surface area contributed by atoms with Gasteiger partial charge in [-0.15, -0.1) is 0 Å². The van der Waals surface area contributed by atoms with Crippen molar-refractivity contribution in [3.63, 3.8) is 0 Å². The first kappa shape index (κ1) is 20.5. The number of imidazole rings is 1. The van der Waals surface area contributed by atoms with Crippen molar-refractivity contribution in [2.24, 2.45) is 0 Å². The molecule has 154 valence electrons. The van der Waals surface area contributed by atoms with Gasteiger partial charge < -0.3 is 24.1 Å². The topological polar surface area (TPSA) is 74.6 Å². The Morgan fingerprint density at radius 1 is 1.07 bits per heavy atom. The third-order valence-electron chi connectivity index (χ3n) is 4.82. The highest BCUT2D eigenvalue weighted by Crippen LogP contribution is 2.38. The predicted molar refractivity (Wildman–Crippen MR) is 112 cm³/mol. The van der Waals surface area contributed by atoms with Crippen LogP contribution >= 0.6 is 0 Å². The number of methoxy groups -OCH3 is 3. The number of ether oxygens (including phenoxy) is 3. The summed E-state index contributed by atoms with van der Waals surface area (Å²) < 4.78 is 18.2. The van der Waals surface area contributed by atoms with E-state index in [2.05, 4.69) is 20.9 Å². The highest BCUT2D eigenvalue weighted by atomic mass is 16.5. The Kier molecular flexibility index (Phi) is 6.59. The molecule has 2 aromatic carbocycles. The molecule has 1 amide bonds. The zero-order valence-corrected chi connectivity index (χ0v) is 17.3. The predicted octanol–water partition coefficient (Wildman–Crippen LogP) is 3.12. The van der Waals surface area contributed by atoms with E-state index in [4.69, 9.17) is 14.2 Å². The van der Waals surface area contributed by atoms with Crippen LogP contribution in [0.25, 0.3) is 11.0 Å². The van der Waals surface area contributed by atoms with E-state index >= 15 is 0 Å². The summed E-state index contributed by atoms with van der Waals surface area (Å²) in [6.45, 7) is 3.40. The first-order chi connectivity index (χ1) is 14.1. The van der Waals surface area contributed by atoms with E-state index in [1.165, 1.54) is 0 Å². The fourth-order valence-electron chi connectivity index (χ4n) is 3.43. The molecule has 1 aromatic heterocycles. The first-order valence-electron chi connectivity index (χ1n) is 9.54. The highest BCUT2D eigenvalue weighted by molar-refractivity contribution is 5.79. The molecular weight excluding hydrogens is 370 g/mol. The number of aryl methyl sites for hydroxylation is 2. The van der Waals surface area contributed by atoms with Crippen LogP contribution < -0.4 is 19.5 Å². The lowest BCUT2D eigenvalue weighted by atomic mass is 10.1. The molecule has 3 aromatic rings. The van der Waals surface area contributed by atoms with E-state index < -0.39 is 0 Å². The summed E-state index contributed by atoms with van der Waals surface area (Å²) in [5.74, 6) is 2.53. The lowest BCUT2D eigenvalue weighted by Crippen LogP contribution is -2.27.